The third kappa shape index (κ3) is 1.97. The van der Waals surface area contributed by atoms with Crippen molar-refractivity contribution in [3.63, 3.8) is 0 Å². The second kappa shape index (κ2) is 5.05. The van der Waals surface area contributed by atoms with Gasteiger partial charge in [-0.15, -0.1) is 12.4 Å². The summed E-state index contributed by atoms with van der Waals surface area (Å²) in [5, 5.41) is -0.291. The summed E-state index contributed by atoms with van der Waals surface area (Å²) in [5.41, 5.74) is 0. The molecule has 8 aliphatic carbocycles. The molecule has 0 heterocycles. The number of hydrogen-bond donors (Lipinski definition) is 1. The topological polar surface area (TPSA) is 37.3 Å². The molecule has 24 heavy (non-hydrogen) atoms. The van der Waals surface area contributed by atoms with Crippen molar-refractivity contribution in [1.29, 1.82) is 0 Å². The average Bonchev–Trinajstić information content (AvgIpc) is 2.44. The van der Waals surface area contributed by atoms with E-state index in [0.29, 0.717) is 0 Å². The Morgan fingerprint density at radius 1 is 0.583 bits per heavy atom. The molecule has 8 fully saturated rings. The van der Waals surface area contributed by atoms with E-state index < -0.39 is 7.37 Å². The average molecular weight is 371 g/mol. The van der Waals surface area contributed by atoms with Gasteiger partial charge in [-0.05, 0) is 113 Å². The van der Waals surface area contributed by atoms with Crippen LogP contribution in [0.1, 0.15) is 77.0 Å². The summed E-state index contributed by atoms with van der Waals surface area (Å²) >= 11 is 0. The predicted molar refractivity (Wildman–Crippen MR) is 98.9 cm³/mol. The lowest BCUT2D eigenvalue weighted by atomic mass is 9.55. The van der Waals surface area contributed by atoms with Crippen molar-refractivity contribution < 1.29 is 9.46 Å². The van der Waals surface area contributed by atoms with Gasteiger partial charge in [-0.3, -0.25) is 4.57 Å². The molecule has 0 aromatic rings. The fourth-order valence-electron chi connectivity index (χ4n) is 9.38. The molecule has 0 spiro atoms. The maximum absolute atomic E-state index is 14.3. The summed E-state index contributed by atoms with van der Waals surface area (Å²) < 4.78 is 14.3. The molecular weight excluding hydrogens is 339 g/mol. The van der Waals surface area contributed by atoms with Gasteiger partial charge >= 0.3 is 0 Å². The first-order valence-corrected chi connectivity index (χ1v) is 12.0. The summed E-state index contributed by atoms with van der Waals surface area (Å²) in [6, 6.07) is 0. The lowest BCUT2D eigenvalue weighted by Gasteiger charge is -2.64. The highest BCUT2D eigenvalue weighted by Crippen LogP contribution is 2.81. The molecule has 0 aromatic carbocycles. The minimum atomic E-state index is -3.09. The third-order valence-electron chi connectivity index (χ3n) is 9.30. The van der Waals surface area contributed by atoms with Crippen LogP contribution in [-0.2, 0) is 4.57 Å². The molecular formula is C20H32ClO2P. The maximum Gasteiger partial charge on any atom is 0.212 e. The van der Waals surface area contributed by atoms with E-state index in [1.54, 1.807) is 0 Å². The molecule has 0 aromatic heterocycles. The molecule has 0 saturated heterocycles. The number of halogens is 1. The SMILES string of the molecule is Cl.O=P(O)(C12CC3CC(CC(C3)C1)C2)C12CC3CC(CC(C3)C1)C2. The van der Waals surface area contributed by atoms with Gasteiger partial charge in [0.25, 0.3) is 0 Å². The fourth-order valence-corrected chi connectivity index (χ4v) is 13.4. The normalized spacial score (nSPS) is 59.2. The van der Waals surface area contributed by atoms with Crippen LogP contribution in [0.5, 0.6) is 0 Å². The molecule has 0 aliphatic heterocycles. The van der Waals surface area contributed by atoms with Gasteiger partial charge in [0.1, 0.15) is 0 Å². The Bertz CT molecular complexity index is 482. The van der Waals surface area contributed by atoms with Gasteiger partial charge in [0.15, 0.2) is 0 Å². The Balaban J connectivity index is 0.00000131. The molecule has 8 bridgehead atoms. The highest BCUT2D eigenvalue weighted by molar-refractivity contribution is 7.61. The minimum absolute atomic E-state index is 0. The van der Waals surface area contributed by atoms with Crippen LogP contribution in [0.25, 0.3) is 0 Å². The van der Waals surface area contributed by atoms with Crippen LogP contribution in [-0.4, -0.2) is 15.2 Å². The first-order chi connectivity index (χ1) is 11.0. The van der Waals surface area contributed by atoms with Crippen LogP contribution >= 0.6 is 19.8 Å². The van der Waals surface area contributed by atoms with Crippen molar-refractivity contribution in [3.8, 4) is 0 Å². The Labute approximate surface area is 152 Å². The zero-order chi connectivity index (χ0) is 15.4. The van der Waals surface area contributed by atoms with Gasteiger partial charge in [-0.2, -0.15) is 0 Å². The fraction of sp³-hybridized carbons (Fsp3) is 1.00. The lowest BCUT2D eigenvalue weighted by molar-refractivity contribution is 0.00581. The molecule has 8 saturated carbocycles. The van der Waals surface area contributed by atoms with Crippen molar-refractivity contribution in [2.24, 2.45) is 35.5 Å². The molecule has 0 amide bonds. The van der Waals surface area contributed by atoms with E-state index in [0.717, 1.165) is 74.0 Å². The molecule has 4 heteroatoms. The van der Waals surface area contributed by atoms with Crippen LogP contribution in [0, 0.1) is 35.5 Å². The Morgan fingerprint density at radius 2 is 0.792 bits per heavy atom. The molecule has 1 N–H and O–H groups in total. The van der Waals surface area contributed by atoms with Crippen LogP contribution in [0.2, 0.25) is 0 Å². The molecule has 0 atom stereocenters. The Morgan fingerprint density at radius 3 is 1.00 bits per heavy atom. The van der Waals surface area contributed by atoms with E-state index in [2.05, 4.69) is 0 Å². The standard InChI is InChI=1S/C20H31O2P.ClH/c21-23(22,19-7-13-1-14(8-19)3-15(2-13)9-19)20-10-16-4-17(11-20)6-18(5-16)12-20;/h13-18H,1-12H2,(H,21,22);1H. The maximum atomic E-state index is 14.3. The summed E-state index contributed by atoms with van der Waals surface area (Å²) in [5.74, 6) is 4.73. The minimum Gasteiger partial charge on any atom is -0.344 e. The second-order valence-electron chi connectivity index (χ2n) is 10.9. The van der Waals surface area contributed by atoms with Gasteiger partial charge in [0.2, 0.25) is 7.37 Å². The van der Waals surface area contributed by atoms with Crippen molar-refractivity contribution >= 4 is 19.8 Å². The van der Waals surface area contributed by atoms with Crippen molar-refractivity contribution in [2.45, 2.75) is 87.4 Å². The van der Waals surface area contributed by atoms with Gasteiger partial charge in [-0.1, -0.05) is 0 Å². The first kappa shape index (κ1) is 16.6. The van der Waals surface area contributed by atoms with Crippen LogP contribution in [0.15, 0.2) is 0 Å². The summed E-state index contributed by atoms with van der Waals surface area (Å²) in [6.45, 7) is 0. The molecule has 0 radical (unpaired) electrons. The molecule has 136 valence electrons. The van der Waals surface area contributed by atoms with Gasteiger partial charge in [-0.25, -0.2) is 0 Å². The van der Waals surface area contributed by atoms with Crippen LogP contribution in [0.3, 0.4) is 0 Å². The molecule has 8 aliphatic rings. The quantitative estimate of drug-likeness (QED) is 0.641. The summed E-state index contributed by atoms with van der Waals surface area (Å²) in [6.07, 6.45) is 14.9. The molecule has 8 rings (SSSR count). The molecule has 2 nitrogen and oxygen atoms in total. The van der Waals surface area contributed by atoms with E-state index in [1.807, 2.05) is 0 Å². The first-order valence-electron chi connectivity index (χ1n) is 10.3. The Kier molecular flexibility index (Phi) is 3.50. The number of rotatable bonds is 2. The van der Waals surface area contributed by atoms with Crippen molar-refractivity contribution in [2.75, 3.05) is 0 Å². The monoisotopic (exact) mass is 370 g/mol. The van der Waals surface area contributed by atoms with E-state index in [1.165, 1.54) is 38.5 Å². The predicted octanol–water partition coefficient (Wildman–Crippen LogP) is 5.62. The Hall–Kier alpha value is 0.480. The van der Waals surface area contributed by atoms with Crippen molar-refractivity contribution in [1.82, 2.24) is 0 Å². The third-order valence-corrected chi connectivity index (χ3v) is 13.0. The smallest absolute Gasteiger partial charge is 0.212 e. The van der Waals surface area contributed by atoms with E-state index in [-0.39, 0.29) is 22.7 Å². The van der Waals surface area contributed by atoms with Gasteiger partial charge < -0.3 is 4.89 Å². The van der Waals surface area contributed by atoms with Gasteiger partial charge in [0.05, 0.1) is 0 Å². The van der Waals surface area contributed by atoms with E-state index in [4.69, 9.17) is 0 Å². The highest BCUT2D eigenvalue weighted by atomic mass is 35.5. The van der Waals surface area contributed by atoms with E-state index in [9.17, 15) is 9.46 Å². The lowest BCUT2D eigenvalue weighted by Crippen LogP contribution is -2.57. The molecule has 0 unspecified atom stereocenters. The zero-order valence-corrected chi connectivity index (χ0v) is 16.4. The van der Waals surface area contributed by atoms with Gasteiger partial charge in [0, 0.05) is 10.3 Å². The summed E-state index contributed by atoms with van der Waals surface area (Å²) in [4.78, 5) is 11.8. The highest BCUT2D eigenvalue weighted by Gasteiger charge is 2.68. The van der Waals surface area contributed by atoms with Crippen LogP contribution in [0.4, 0.5) is 0 Å². The van der Waals surface area contributed by atoms with Crippen LogP contribution < -0.4 is 0 Å². The zero-order valence-electron chi connectivity index (χ0n) is 14.7. The number of hydrogen-bond acceptors (Lipinski definition) is 1. The largest absolute Gasteiger partial charge is 0.344 e. The van der Waals surface area contributed by atoms with Crippen molar-refractivity contribution in [3.05, 3.63) is 0 Å². The second-order valence-corrected chi connectivity index (χ2v) is 13.9. The van der Waals surface area contributed by atoms with E-state index >= 15 is 0 Å². The summed E-state index contributed by atoms with van der Waals surface area (Å²) in [7, 11) is -3.09.